The molecule has 0 aromatic carbocycles. The first kappa shape index (κ1) is 25.7. The van der Waals surface area contributed by atoms with Gasteiger partial charge < -0.3 is 19.7 Å². The minimum Gasteiger partial charge on any atom is -0.393 e. The summed E-state index contributed by atoms with van der Waals surface area (Å²) in [5.74, 6) is 3.25. The highest BCUT2D eigenvalue weighted by Gasteiger charge is 2.59. The van der Waals surface area contributed by atoms with Crippen molar-refractivity contribution in [1.82, 2.24) is 0 Å². The molecule has 3 fully saturated rings. The number of allylic oxidation sites excluding steroid dienone is 1. The monoisotopic (exact) mass is 462 g/mol. The van der Waals surface area contributed by atoms with Crippen LogP contribution in [0.4, 0.5) is 0 Å². The zero-order valence-corrected chi connectivity index (χ0v) is 22.1. The third-order valence-electron chi connectivity index (χ3n) is 10.9. The number of fused-ring (bicyclic) bond motifs is 5. The first-order chi connectivity index (χ1) is 15.6. The third kappa shape index (κ3) is 4.59. The van der Waals surface area contributed by atoms with E-state index >= 15 is 0 Å². The highest BCUT2D eigenvalue weighted by atomic mass is 16.7. The van der Waals surface area contributed by atoms with Gasteiger partial charge >= 0.3 is 0 Å². The van der Waals surface area contributed by atoms with Crippen molar-refractivity contribution in [3.8, 4) is 0 Å². The Kier molecular flexibility index (Phi) is 7.71. The smallest absolute Gasteiger partial charge is 0.146 e. The average molecular weight is 463 g/mol. The van der Waals surface area contributed by atoms with Crippen LogP contribution in [-0.2, 0) is 9.47 Å². The van der Waals surface area contributed by atoms with Crippen molar-refractivity contribution in [2.24, 2.45) is 46.3 Å². The molecule has 0 radical (unpaired) electrons. The van der Waals surface area contributed by atoms with Crippen molar-refractivity contribution < 1.29 is 19.7 Å². The summed E-state index contributed by atoms with van der Waals surface area (Å²) in [6.07, 6.45) is 12.3. The third-order valence-corrected chi connectivity index (χ3v) is 10.9. The average Bonchev–Trinajstić information content (AvgIpc) is 3.13. The number of aliphatic hydroxyl groups excluding tert-OH is 2. The van der Waals surface area contributed by atoms with Crippen LogP contribution in [0.3, 0.4) is 0 Å². The normalized spacial score (nSPS) is 44.6. The largest absolute Gasteiger partial charge is 0.393 e. The Bertz CT molecular complexity index is 704. The molecule has 190 valence electrons. The molecule has 4 heteroatoms. The van der Waals surface area contributed by atoms with Crippen LogP contribution in [0.5, 0.6) is 0 Å². The van der Waals surface area contributed by atoms with Gasteiger partial charge in [-0.15, -0.1) is 0 Å². The van der Waals surface area contributed by atoms with Crippen molar-refractivity contribution in [1.29, 1.82) is 0 Å². The topological polar surface area (TPSA) is 58.9 Å². The minimum atomic E-state index is -0.352. The van der Waals surface area contributed by atoms with Crippen LogP contribution >= 0.6 is 0 Å². The highest BCUT2D eigenvalue weighted by molar-refractivity contribution is 5.29. The fourth-order valence-electron chi connectivity index (χ4n) is 8.80. The fraction of sp³-hybridized carbons (Fsp3) is 0.931. The zero-order chi connectivity index (χ0) is 24.0. The summed E-state index contributed by atoms with van der Waals surface area (Å²) in [4.78, 5) is 0. The van der Waals surface area contributed by atoms with Gasteiger partial charge in [0.05, 0.1) is 18.3 Å². The van der Waals surface area contributed by atoms with Gasteiger partial charge in [0, 0.05) is 7.11 Å². The second-order valence-corrected chi connectivity index (χ2v) is 12.9. The number of ether oxygens (including phenoxy) is 2. The fourth-order valence-corrected chi connectivity index (χ4v) is 8.80. The molecule has 4 aliphatic rings. The standard InChI is InChI=1S/C29H50O4/c1-18(2)26(30)10-7-19(3)22-8-9-23-21-16-27(31)25-15-20(33-17-32-6)11-13-29(25,5)24(21)12-14-28(22,23)4/h16,18-20,22-27,30-31H,7-15,17H2,1-6H3/t19-,20?,22-,23+,24+,25?,26?,27?,28-,29-/m1/s1. The maximum atomic E-state index is 11.3. The molecular weight excluding hydrogens is 412 g/mol. The molecule has 0 aromatic rings. The molecule has 0 saturated heterocycles. The summed E-state index contributed by atoms with van der Waals surface area (Å²) in [7, 11) is 1.68. The van der Waals surface area contributed by atoms with Gasteiger partial charge in [-0.25, -0.2) is 0 Å². The summed E-state index contributed by atoms with van der Waals surface area (Å²) in [6.45, 7) is 12.0. The van der Waals surface area contributed by atoms with Gasteiger partial charge in [-0.05, 0) is 104 Å². The van der Waals surface area contributed by atoms with E-state index < -0.39 is 0 Å². The first-order valence-corrected chi connectivity index (χ1v) is 13.8. The molecule has 2 N–H and O–H groups in total. The molecule has 0 aliphatic heterocycles. The van der Waals surface area contributed by atoms with Crippen LogP contribution in [-0.4, -0.2) is 42.4 Å². The second-order valence-electron chi connectivity index (χ2n) is 12.9. The molecule has 4 nitrogen and oxygen atoms in total. The lowest BCUT2D eigenvalue weighted by Gasteiger charge is -2.59. The molecule has 4 rings (SSSR count). The predicted molar refractivity (Wildman–Crippen MR) is 133 cm³/mol. The predicted octanol–water partition coefficient (Wildman–Crippen LogP) is 5.96. The minimum absolute atomic E-state index is 0.177. The van der Waals surface area contributed by atoms with Crippen LogP contribution in [0, 0.1) is 46.3 Å². The van der Waals surface area contributed by atoms with Gasteiger partial charge in [0.15, 0.2) is 0 Å². The molecule has 3 saturated carbocycles. The summed E-state index contributed by atoms with van der Waals surface area (Å²) in [6, 6.07) is 0. The lowest BCUT2D eigenvalue weighted by molar-refractivity contribution is -0.133. The van der Waals surface area contributed by atoms with Crippen molar-refractivity contribution in [3.63, 3.8) is 0 Å². The van der Waals surface area contributed by atoms with Crippen LogP contribution in [0.1, 0.15) is 92.4 Å². The highest BCUT2D eigenvalue weighted by Crippen LogP contribution is 2.67. The van der Waals surface area contributed by atoms with Gasteiger partial charge in [-0.3, -0.25) is 0 Å². The van der Waals surface area contributed by atoms with Crippen LogP contribution in [0.15, 0.2) is 11.6 Å². The SMILES string of the molecule is COCOC1CC[C@@]2(C)C(C1)C(O)C=C1[C@@H]3CC[C@H]([C@H](C)CCC(O)C(C)C)[C@@]3(C)CC[C@@H]12. The summed E-state index contributed by atoms with van der Waals surface area (Å²) in [5, 5.41) is 21.7. The van der Waals surface area contributed by atoms with E-state index in [1.165, 1.54) is 25.7 Å². The lowest BCUT2D eigenvalue weighted by atomic mass is 9.47. The zero-order valence-electron chi connectivity index (χ0n) is 22.1. The van der Waals surface area contributed by atoms with Crippen LogP contribution in [0.2, 0.25) is 0 Å². The summed E-state index contributed by atoms with van der Waals surface area (Å²) < 4.78 is 11.1. The van der Waals surface area contributed by atoms with Crippen molar-refractivity contribution >= 4 is 0 Å². The van der Waals surface area contributed by atoms with Gasteiger partial charge in [0.25, 0.3) is 0 Å². The quantitative estimate of drug-likeness (QED) is 0.345. The molecule has 4 aliphatic carbocycles. The van der Waals surface area contributed by atoms with Gasteiger partial charge in [0.1, 0.15) is 6.79 Å². The molecule has 0 amide bonds. The van der Waals surface area contributed by atoms with Crippen LogP contribution in [0.25, 0.3) is 0 Å². The maximum Gasteiger partial charge on any atom is 0.146 e. The van der Waals surface area contributed by atoms with E-state index in [0.717, 1.165) is 38.0 Å². The summed E-state index contributed by atoms with van der Waals surface area (Å²) >= 11 is 0. The molecule has 10 atom stereocenters. The molecule has 0 heterocycles. The molecule has 0 spiro atoms. The van der Waals surface area contributed by atoms with E-state index in [4.69, 9.17) is 9.47 Å². The number of hydrogen-bond donors (Lipinski definition) is 2. The number of hydrogen-bond acceptors (Lipinski definition) is 4. The van der Waals surface area contributed by atoms with Gasteiger partial charge in [0.2, 0.25) is 0 Å². The van der Waals surface area contributed by atoms with Gasteiger partial charge in [-0.2, -0.15) is 0 Å². The van der Waals surface area contributed by atoms with Gasteiger partial charge in [-0.1, -0.05) is 46.3 Å². The van der Waals surface area contributed by atoms with E-state index in [1.807, 2.05) is 0 Å². The van der Waals surface area contributed by atoms with E-state index in [-0.39, 0.29) is 23.7 Å². The number of aliphatic hydroxyl groups is 2. The Hall–Kier alpha value is -0.420. The number of rotatable bonds is 8. The Morgan fingerprint density at radius 2 is 1.70 bits per heavy atom. The maximum absolute atomic E-state index is 11.3. The Morgan fingerprint density at radius 3 is 2.39 bits per heavy atom. The molecular formula is C29H50O4. The Balaban J connectivity index is 1.50. The number of methoxy groups -OCH3 is 1. The molecule has 4 unspecified atom stereocenters. The second kappa shape index (κ2) is 9.91. The Labute approximate surface area is 202 Å². The molecule has 0 bridgehead atoms. The first-order valence-electron chi connectivity index (χ1n) is 13.8. The molecule has 33 heavy (non-hydrogen) atoms. The van der Waals surface area contributed by atoms with E-state index in [9.17, 15) is 10.2 Å². The summed E-state index contributed by atoms with van der Waals surface area (Å²) in [5.41, 5.74) is 2.12. The Morgan fingerprint density at radius 1 is 1.00 bits per heavy atom. The van der Waals surface area contributed by atoms with Crippen molar-refractivity contribution in [2.75, 3.05) is 13.9 Å². The van der Waals surface area contributed by atoms with Crippen molar-refractivity contribution in [2.45, 2.75) is 111 Å². The van der Waals surface area contributed by atoms with Crippen LogP contribution < -0.4 is 0 Å². The van der Waals surface area contributed by atoms with E-state index in [0.29, 0.717) is 41.8 Å². The van der Waals surface area contributed by atoms with Crippen molar-refractivity contribution in [3.05, 3.63) is 11.6 Å². The lowest BCUT2D eigenvalue weighted by Crippen LogP contribution is -2.54. The van der Waals surface area contributed by atoms with E-state index in [2.05, 4.69) is 40.7 Å². The van der Waals surface area contributed by atoms with E-state index in [1.54, 1.807) is 12.7 Å². The molecule has 0 aromatic heterocycles.